The highest BCUT2D eigenvalue weighted by atomic mass is 19.1. The first-order valence-electron chi connectivity index (χ1n) is 13.7. The van der Waals surface area contributed by atoms with E-state index in [4.69, 9.17) is 5.73 Å². The topological polar surface area (TPSA) is 196 Å². The fourth-order valence-corrected chi connectivity index (χ4v) is 7.28. The van der Waals surface area contributed by atoms with Crippen LogP contribution in [-0.2, 0) is 30.4 Å². The van der Waals surface area contributed by atoms with Gasteiger partial charge in [0.1, 0.15) is 11.6 Å². The van der Waals surface area contributed by atoms with Gasteiger partial charge in [-0.3, -0.25) is 33.7 Å². The van der Waals surface area contributed by atoms with Crippen molar-refractivity contribution in [1.82, 2.24) is 10.2 Å². The first kappa shape index (κ1) is 29.0. The summed E-state index contributed by atoms with van der Waals surface area (Å²) in [5.41, 5.74) is 1.39. The zero-order valence-electron chi connectivity index (χ0n) is 22.7. The Balaban J connectivity index is 1.49. The number of carbonyl (C=O) groups excluding carboxylic acids is 6. The number of likely N-dealkylation sites (N-methyl/N-ethyl adjacent to an activating group) is 1. The number of hydrogen-bond donors (Lipinski definition) is 5. The molecule has 6 atom stereocenters. The number of amides is 2. The van der Waals surface area contributed by atoms with Crippen molar-refractivity contribution in [2.45, 2.75) is 56.2 Å². The highest BCUT2D eigenvalue weighted by Gasteiger charge is 2.69. The normalized spacial score (nSPS) is 31.6. The van der Waals surface area contributed by atoms with Crippen LogP contribution in [0.2, 0.25) is 0 Å². The summed E-state index contributed by atoms with van der Waals surface area (Å²) >= 11 is 0. The van der Waals surface area contributed by atoms with Gasteiger partial charge in [0.15, 0.2) is 34.7 Å². The van der Waals surface area contributed by atoms with Gasteiger partial charge in [-0.25, -0.2) is 4.39 Å². The summed E-state index contributed by atoms with van der Waals surface area (Å²) in [7, 11) is 2.96. The predicted octanol–water partition coefficient (Wildman–Crippen LogP) is -0.523. The fourth-order valence-electron chi connectivity index (χ4n) is 7.28. The number of rotatable bonds is 6. The number of phenols is 1. The number of phenolic OH excluding ortho intramolecular Hbond substituents is 1. The van der Waals surface area contributed by atoms with Crippen LogP contribution in [0.15, 0.2) is 6.07 Å². The smallest absolute Gasteiger partial charge is 0.238 e. The molecule has 220 valence electrons. The molecule has 0 aliphatic heterocycles. The van der Waals surface area contributed by atoms with E-state index in [1.54, 1.807) is 0 Å². The molecule has 3 saturated carbocycles. The average Bonchev–Trinajstić information content (AvgIpc) is 3.41. The average molecular weight is 573 g/mol. The Morgan fingerprint density at radius 2 is 1.80 bits per heavy atom. The van der Waals surface area contributed by atoms with Crippen LogP contribution in [0.1, 0.15) is 48.0 Å². The molecule has 6 N–H and O–H groups in total. The van der Waals surface area contributed by atoms with Gasteiger partial charge in [0, 0.05) is 23.6 Å². The minimum atomic E-state index is -2.87. The van der Waals surface area contributed by atoms with Crippen molar-refractivity contribution >= 4 is 40.6 Å². The molecule has 2 amide bonds. The molecule has 0 bridgehead atoms. The number of ketones is 4. The van der Waals surface area contributed by atoms with Crippen LogP contribution in [0.3, 0.4) is 0 Å². The van der Waals surface area contributed by atoms with Crippen LogP contribution < -0.4 is 16.4 Å². The van der Waals surface area contributed by atoms with Crippen molar-refractivity contribution in [2.75, 3.05) is 26.0 Å². The predicted molar refractivity (Wildman–Crippen MR) is 140 cm³/mol. The maximum Gasteiger partial charge on any atom is 0.238 e. The molecule has 5 rings (SSSR count). The van der Waals surface area contributed by atoms with Gasteiger partial charge < -0.3 is 26.6 Å². The van der Waals surface area contributed by atoms with E-state index in [0.29, 0.717) is 0 Å². The summed E-state index contributed by atoms with van der Waals surface area (Å²) in [5, 5.41) is 28.1. The zero-order valence-corrected chi connectivity index (χ0v) is 22.7. The lowest BCUT2D eigenvalue weighted by Gasteiger charge is -2.52. The largest absolute Gasteiger partial charge is 0.505 e. The monoisotopic (exact) mass is 572 g/mol. The maximum absolute atomic E-state index is 15.4. The number of aliphatic hydroxyl groups is 1. The van der Waals surface area contributed by atoms with Gasteiger partial charge in [-0.15, -0.1) is 0 Å². The molecule has 3 fully saturated rings. The molecule has 12 nitrogen and oxygen atoms in total. The molecule has 0 radical (unpaired) electrons. The second kappa shape index (κ2) is 10.4. The van der Waals surface area contributed by atoms with Crippen molar-refractivity contribution in [3.8, 4) is 5.75 Å². The number of aromatic hydroxyl groups is 1. The van der Waals surface area contributed by atoms with Gasteiger partial charge >= 0.3 is 0 Å². The number of carbonyl (C=O) groups is 6. The van der Waals surface area contributed by atoms with Crippen LogP contribution >= 0.6 is 0 Å². The second-order valence-corrected chi connectivity index (χ2v) is 11.8. The molecular weight excluding hydrogens is 539 g/mol. The van der Waals surface area contributed by atoms with Crippen molar-refractivity contribution in [1.29, 1.82) is 0 Å². The zero-order chi connectivity index (χ0) is 30.0. The molecule has 4 aliphatic carbocycles. The van der Waals surface area contributed by atoms with E-state index in [-0.39, 0.29) is 36.7 Å². The summed E-state index contributed by atoms with van der Waals surface area (Å²) in [6, 6.07) is -0.159. The summed E-state index contributed by atoms with van der Waals surface area (Å²) in [6.45, 7) is -0.0940. The molecule has 4 aliphatic rings. The lowest BCUT2D eigenvalue weighted by atomic mass is 9.52. The van der Waals surface area contributed by atoms with E-state index in [9.17, 15) is 39.0 Å². The Kier molecular flexibility index (Phi) is 7.33. The van der Waals surface area contributed by atoms with Crippen molar-refractivity contribution in [2.24, 2.45) is 29.4 Å². The molecule has 0 aromatic heterocycles. The Hall–Kier alpha value is -3.55. The standard InChI is InChI=1S/C28H33FN4O8/c1-33(2)21-14-8-11-7-13-15(29)9-16(32-17(34)10-31-12-5-3-4-6-12)22(35)19(13)23(36)18(11)25(38)28(14,41)26(39)20(24(21)37)27(30)40/h9,11-12,14,18,20-21,31,35,41H,3-8,10H2,1-2H3,(H2,30,40)(H,32,34)/t11-,14-,18?,20?,21-,28-/m0/s1. The van der Waals surface area contributed by atoms with E-state index in [1.165, 1.54) is 19.0 Å². The number of nitrogens with zero attached hydrogens (tertiary/aromatic N) is 1. The van der Waals surface area contributed by atoms with E-state index in [1.807, 2.05) is 0 Å². The van der Waals surface area contributed by atoms with Crippen LogP contribution in [0.4, 0.5) is 10.1 Å². The third-order valence-electron chi connectivity index (χ3n) is 9.19. The number of halogens is 1. The van der Waals surface area contributed by atoms with Gasteiger partial charge in [0.25, 0.3) is 0 Å². The highest BCUT2D eigenvalue weighted by Crippen LogP contribution is 2.51. The molecule has 0 spiro atoms. The fraction of sp³-hybridized carbons (Fsp3) is 0.571. The highest BCUT2D eigenvalue weighted by molar-refractivity contribution is 6.32. The van der Waals surface area contributed by atoms with Gasteiger partial charge in [-0.05, 0) is 45.7 Å². The van der Waals surface area contributed by atoms with Gasteiger partial charge in [-0.2, -0.15) is 0 Å². The molecule has 13 heteroatoms. The number of benzene rings is 1. The van der Waals surface area contributed by atoms with Crippen LogP contribution in [-0.4, -0.2) is 88.4 Å². The Morgan fingerprint density at radius 3 is 2.41 bits per heavy atom. The van der Waals surface area contributed by atoms with Crippen LogP contribution in [0.25, 0.3) is 0 Å². The second-order valence-electron chi connectivity index (χ2n) is 11.8. The molecule has 41 heavy (non-hydrogen) atoms. The van der Waals surface area contributed by atoms with Gasteiger partial charge in [-0.1, -0.05) is 12.8 Å². The van der Waals surface area contributed by atoms with E-state index in [0.717, 1.165) is 31.7 Å². The molecule has 0 saturated heterocycles. The van der Waals surface area contributed by atoms with Crippen LogP contribution in [0, 0.1) is 29.5 Å². The maximum atomic E-state index is 15.4. The number of anilines is 1. The number of Topliss-reactive ketones (excluding diaryl/α,β-unsaturated/α-hetero) is 4. The molecule has 1 aromatic rings. The number of hydrogen-bond acceptors (Lipinski definition) is 10. The lowest BCUT2D eigenvalue weighted by molar-refractivity contribution is -0.181. The van der Waals surface area contributed by atoms with Crippen molar-refractivity contribution in [3.05, 3.63) is 23.0 Å². The summed E-state index contributed by atoms with van der Waals surface area (Å²) in [5.74, 6) is -13.9. The first-order chi connectivity index (χ1) is 19.3. The van der Waals surface area contributed by atoms with E-state index < -0.39 is 87.4 Å². The van der Waals surface area contributed by atoms with Gasteiger partial charge in [0.2, 0.25) is 11.8 Å². The van der Waals surface area contributed by atoms with Crippen molar-refractivity contribution in [3.63, 3.8) is 0 Å². The quantitative estimate of drug-likeness (QED) is 0.218. The Morgan fingerprint density at radius 1 is 1.15 bits per heavy atom. The molecule has 2 unspecified atom stereocenters. The Bertz CT molecular complexity index is 1370. The van der Waals surface area contributed by atoms with Gasteiger partial charge in [0.05, 0.1) is 29.8 Å². The molecule has 1 aromatic carbocycles. The minimum Gasteiger partial charge on any atom is -0.505 e. The first-order valence-corrected chi connectivity index (χ1v) is 13.7. The number of nitrogens with one attached hydrogen (secondary N) is 2. The van der Waals surface area contributed by atoms with Crippen molar-refractivity contribution < 1.29 is 43.4 Å². The van der Waals surface area contributed by atoms with Crippen LogP contribution in [0.5, 0.6) is 5.75 Å². The number of fused-ring (bicyclic) bond motifs is 3. The van der Waals surface area contributed by atoms with E-state index in [2.05, 4.69) is 10.6 Å². The lowest BCUT2D eigenvalue weighted by Crippen LogP contribution is -2.74. The summed E-state index contributed by atoms with van der Waals surface area (Å²) < 4.78 is 15.4. The third-order valence-corrected chi connectivity index (χ3v) is 9.19. The summed E-state index contributed by atoms with van der Waals surface area (Å²) in [6.07, 6.45) is 3.57. The molecule has 0 heterocycles. The molecular formula is C28H33FN4O8. The summed E-state index contributed by atoms with van der Waals surface area (Å²) in [4.78, 5) is 79.9. The minimum absolute atomic E-state index is 0.0940. The Labute approximate surface area is 234 Å². The number of primary amides is 1. The number of nitrogens with two attached hydrogens (primary N) is 1. The van der Waals surface area contributed by atoms with E-state index >= 15 is 4.39 Å². The SMILES string of the molecule is CN(C)[C@@H]1C(=O)C(C(N)=O)C(=O)[C@@]2(O)C(=O)C3C(=O)c4c(O)c(NC(=O)CNC5CCCC5)cc(F)c4C[C@H]3C[C@@H]12. The third kappa shape index (κ3) is 4.46.